The molecule has 1 N–H and O–H groups in total. The Bertz CT molecular complexity index is 1060. The second kappa shape index (κ2) is 9.51. The van der Waals surface area contributed by atoms with Gasteiger partial charge in [-0.15, -0.1) is 0 Å². The van der Waals surface area contributed by atoms with Crippen molar-refractivity contribution < 1.29 is 16.8 Å². The van der Waals surface area contributed by atoms with Crippen LogP contribution in [-0.2, 0) is 20.0 Å². The average molecular weight is 438 g/mol. The van der Waals surface area contributed by atoms with Crippen molar-refractivity contribution in [3.05, 3.63) is 59.7 Å². The van der Waals surface area contributed by atoms with Gasteiger partial charge in [0, 0.05) is 13.1 Å². The first kappa shape index (κ1) is 23.1. The Morgan fingerprint density at radius 1 is 0.862 bits per heavy atom. The number of hydrazone groups is 1. The molecule has 2 aromatic rings. The molecule has 0 amide bonds. The minimum Gasteiger partial charge on any atom is -0.207 e. The summed E-state index contributed by atoms with van der Waals surface area (Å²) < 4.78 is 51.4. The van der Waals surface area contributed by atoms with E-state index in [0.717, 1.165) is 5.56 Å². The molecule has 0 aliphatic rings. The van der Waals surface area contributed by atoms with E-state index < -0.39 is 20.0 Å². The third-order valence-electron chi connectivity index (χ3n) is 4.50. The van der Waals surface area contributed by atoms with Crippen LogP contribution in [-0.4, -0.2) is 39.9 Å². The number of nitrogens with one attached hydrogen (secondary N) is 1. The fraction of sp³-hybridized carbons (Fsp3) is 0.350. The molecule has 0 atom stereocenters. The van der Waals surface area contributed by atoms with E-state index in [9.17, 15) is 16.8 Å². The van der Waals surface area contributed by atoms with Crippen LogP contribution in [0.25, 0.3) is 0 Å². The molecule has 7 nitrogen and oxygen atoms in total. The molecule has 0 aromatic heterocycles. The normalized spacial score (nSPS) is 12.9. The Hall–Kier alpha value is -2.23. The van der Waals surface area contributed by atoms with Crippen molar-refractivity contribution in [3.63, 3.8) is 0 Å². The quantitative estimate of drug-likeness (QED) is 0.482. The van der Waals surface area contributed by atoms with Crippen LogP contribution in [0.2, 0.25) is 0 Å². The van der Waals surface area contributed by atoms with Crippen molar-refractivity contribution in [1.82, 2.24) is 9.14 Å². The lowest BCUT2D eigenvalue weighted by Gasteiger charge is -2.18. The molecule has 2 aromatic carbocycles. The van der Waals surface area contributed by atoms with E-state index in [4.69, 9.17) is 0 Å². The van der Waals surface area contributed by atoms with Gasteiger partial charge in [-0.25, -0.2) is 8.42 Å². The molecule has 0 fully saturated rings. The predicted octanol–water partition coefficient (Wildman–Crippen LogP) is 3.12. The molecule has 0 saturated carbocycles. The molecule has 0 unspecified atom stereocenters. The lowest BCUT2D eigenvalue weighted by molar-refractivity contribution is 0.445. The summed E-state index contributed by atoms with van der Waals surface area (Å²) in [5.41, 5.74) is 2.12. The zero-order chi connectivity index (χ0) is 21.7. The maximum Gasteiger partial charge on any atom is 0.276 e. The van der Waals surface area contributed by atoms with Gasteiger partial charge >= 0.3 is 0 Å². The van der Waals surface area contributed by atoms with E-state index in [2.05, 4.69) is 9.93 Å². The maximum absolute atomic E-state index is 12.6. The Balaban J connectivity index is 2.27. The van der Waals surface area contributed by atoms with E-state index in [1.165, 1.54) is 28.6 Å². The van der Waals surface area contributed by atoms with Crippen molar-refractivity contribution in [2.45, 2.75) is 43.9 Å². The van der Waals surface area contributed by atoms with E-state index in [1.54, 1.807) is 38.1 Å². The highest BCUT2D eigenvalue weighted by atomic mass is 32.2. The Morgan fingerprint density at radius 2 is 1.38 bits per heavy atom. The van der Waals surface area contributed by atoms with E-state index in [1.807, 2.05) is 13.8 Å². The predicted molar refractivity (Wildman–Crippen MR) is 115 cm³/mol. The lowest BCUT2D eigenvalue weighted by Crippen LogP contribution is -2.30. The van der Waals surface area contributed by atoms with Crippen molar-refractivity contribution in [1.29, 1.82) is 0 Å². The second-order valence-corrected chi connectivity index (χ2v) is 10.0. The first-order chi connectivity index (χ1) is 13.7. The van der Waals surface area contributed by atoms with Crippen molar-refractivity contribution in [2.75, 3.05) is 13.1 Å². The maximum atomic E-state index is 12.6. The van der Waals surface area contributed by atoms with Crippen LogP contribution >= 0.6 is 0 Å². The number of hydrogen-bond donors (Lipinski definition) is 1. The van der Waals surface area contributed by atoms with Gasteiger partial charge in [-0.05, 0) is 43.2 Å². The highest BCUT2D eigenvalue weighted by Gasteiger charge is 2.21. The third kappa shape index (κ3) is 5.43. The van der Waals surface area contributed by atoms with Crippen LogP contribution in [0.15, 0.2) is 63.4 Å². The van der Waals surface area contributed by atoms with Crippen LogP contribution in [0.4, 0.5) is 0 Å². The molecule has 0 aliphatic carbocycles. The zero-order valence-corrected chi connectivity index (χ0v) is 18.7. The van der Waals surface area contributed by atoms with E-state index >= 15 is 0 Å². The van der Waals surface area contributed by atoms with Crippen LogP contribution in [0.5, 0.6) is 0 Å². The van der Waals surface area contributed by atoms with Crippen LogP contribution in [0.3, 0.4) is 0 Å². The van der Waals surface area contributed by atoms with Gasteiger partial charge in [0.25, 0.3) is 10.0 Å². The summed E-state index contributed by atoms with van der Waals surface area (Å²) >= 11 is 0. The van der Waals surface area contributed by atoms with Gasteiger partial charge in [-0.1, -0.05) is 50.6 Å². The Labute approximate surface area is 173 Å². The largest absolute Gasteiger partial charge is 0.276 e. The van der Waals surface area contributed by atoms with E-state index in [0.29, 0.717) is 30.8 Å². The van der Waals surface area contributed by atoms with Crippen molar-refractivity contribution >= 4 is 25.8 Å². The number of aryl methyl sites for hydroxylation is 1. The molecular formula is C20H27N3O4S2. The molecule has 0 radical (unpaired) electrons. The molecular weight excluding hydrogens is 410 g/mol. The summed E-state index contributed by atoms with van der Waals surface area (Å²) in [4.78, 5) is 2.58. The molecule has 9 heteroatoms. The SMILES string of the molecule is CC/C(=N\NS(=O)(=O)c1ccc(C)cc1)c1ccc(S(=O)(=O)N(CC)CC)cc1. The summed E-state index contributed by atoms with van der Waals surface area (Å²) in [5, 5.41) is 4.06. The standard InChI is InChI=1S/C20H27N3O4S2/c1-5-20(21-22-28(24,25)18-12-8-16(4)9-13-18)17-10-14-19(15-11-17)29(26,27)23(6-2)7-3/h8-15,22H,5-7H2,1-4H3/b21-20+. The first-order valence-corrected chi connectivity index (χ1v) is 12.3. The number of sulfonamides is 2. The minimum atomic E-state index is -3.78. The average Bonchev–Trinajstić information content (AvgIpc) is 2.70. The molecule has 0 saturated heterocycles. The molecule has 0 aliphatic heterocycles. The lowest BCUT2D eigenvalue weighted by atomic mass is 10.1. The minimum absolute atomic E-state index is 0.128. The van der Waals surface area contributed by atoms with Gasteiger partial charge in [0.05, 0.1) is 15.5 Å². The first-order valence-electron chi connectivity index (χ1n) is 9.41. The highest BCUT2D eigenvalue weighted by Crippen LogP contribution is 2.17. The smallest absolute Gasteiger partial charge is 0.207 e. The van der Waals surface area contributed by atoms with Gasteiger partial charge in [0.2, 0.25) is 10.0 Å². The number of rotatable bonds is 9. The highest BCUT2D eigenvalue weighted by molar-refractivity contribution is 7.89. The molecule has 0 spiro atoms. The topological polar surface area (TPSA) is 95.9 Å². The van der Waals surface area contributed by atoms with Gasteiger partial charge in [0.15, 0.2) is 0 Å². The molecule has 29 heavy (non-hydrogen) atoms. The summed E-state index contributed by atoms with van der Waals surface area (Å²) in [6, 6.07) is 12.8. The third-order valence-corrected chi connectivity index (χ3v) is 7.79. The number of benzene rings is 2. The van der Waals surface area contributed by atoms with Crippen LogP contribution in [0.1, 0.15) is 38.3 Å². The van der Waals surface area contributed by atoms with Crippen LogP contribution in [0, 0.1) is 6.92 Å². The van der Waals surface area contributed by atoms with Gasteiger partial charge in [0.1, 0.15) is 0 Å². The summed E-state index contributed by atoms with van der Waals surface area (Å²) in [6.07, 6.45) is 0.471. The number of hydrogen-bond acceptors (Lipinski definition) is 5. The summed E-state index contributed by atoms with van der Waals surface area (Å²) in [7, 11) is -7.32. The van der Waals surface area contributed by atoms with Crippen molar-refractivity contribution in [3.8, 4) is 0 Å². The van der Waals surface area contributed by atoms with Gasteiger partial charge in [-0.2, -0.15) is 22.7 Å². The molecule has 2 rings (SSSR count). The molecule has 158 valence electrons. The monoisotopic (exact) mass is 437 g/mol. The Morgan fingerprint density at radius 3 is 1.86 bits per heavy atom. The Kier molecular flexibility index (Phi) is 7.56. The second-order valence-electron chi connectivity index (χ2n) is 6.43. The van der Waals surface area contributed by atoms with Gasteiger partial charge in [-0.3, -0.25) is 0 Å². The number of nitrogens with zero attached hydrogens (tertiary/aromatic N) is 2. The molecule has 0 heterocycles. The van der Waals surface area contributed by atoms with Crippen molar-refractivity contribution in [2.24, 2.45) is 5.10 Å². The zero-order valence-electron chi connectivity index (χ0n) is 17.1. The fourth-order valence-corrected chi connectivity index (χ4v) is 5.05. The van der Waals surface area contributed by atoms with Crippen LogP contribution < -0.4 is 4.83 Å². The summed E-state index contributed by atoms with van der Waals surface area (Å²) in [5.74, 6) is 0. The molecule has 0 bridgehead atoms. The fourth-order valence-electron chi connectivity index (χ4n) is 2.76. The van der Waals surface area contributed by atoms with E-state index in [-0.39, 0.29) is 9.79 Å². The summed E-state index contributed by atoms with van der Waals surface area (Å²) in [6.45, 7) is 8.09. The van der Waals surface area contributed by atoms with Gasteiger partial charge < -0.3 is 0 Å².